The Kier molecular flexibility index (Phi) is 10.4. The van der Waals surface area contributed by atoms with E-state index < -0.39 is 0 Å². The SMILES string of the molecule is CCCOc1cccc(CNC(=NC)N2CCCC(CC(N)=O)C2)c1.I. The number of amides is 1. The van der Waals surface area contributed by atoms with Crippen LogP contribution in [-0.4, -0.2) is 43.5 Å². The van der Waals surface area contributed by atoms with Gasteiger partial charge in [-0.25, -0.2) is 0 Å². The monoisotopic (exact) mass is 474 g/mol. The third-order valence-electron chi connectivity index (χ3n) is 4.34. The molecule has 1 unspecified atom stereocenters. The maximum absolute atomic E-state index is 11.2. The molecule has 3 N–H and O–H groups in total. The molecule has 0 aromatic heterocycles. The van der Waals surface area contributed by atoms with E-state index in [2.05, 4.69) is 34.3 Å². The summed E-state index contributed by atoms with van der Waals surface area (Å²) < 4.78 is 5.68. The van der Waals surface area contributed by atoms with Gasteiger partial charge < -0.3 is 20.7 Å². The van der Waals surface area contributed by atoms with Gasteiger partial charge in [0.2, 0.25) is 5.91 Å². The molecule has 0 bridgehead atoms. The van der Waals surface area contributed by atoms with Crippen LogP contribution in [0.4, 0.5) is 0 Å². The summed E-state index contributed by atoms with van der Waals surface area (Å²) in [5, 5.41) is 3.42. The molecule has 1 atom stereocenters. The summed E-state index contributed by atoms with van der Waals surface area (Å²) in [6.07, 6.45) is 3.55. The molecule has 6 nitrogen and oxygen atoms in total. The molecule has 0 saturated carbocycles. The van der Waals surface area contributed by atoms with E-state index in [1.54, 1.807) is 7.05 Å². The van der Waals surface area contributed by atoms with Gasteiger partial charge in [-0.05, 0) is 42.9 Å². The Morgan fingerprint density at radius 3 is 2.96 bits per heavy atom. The van der Waals surface area contributed by atoms with Gasteiger partial charge in [-0.2, -0.15) is 0 Å². The second kappa shape index (κ2) is 12.0. The molecule has 2 rings (SSSR count). The average Bonchev–Trinajstić information content (AvgIpc) is 2.61. The largest absolute Gasteiger partial charge is 0.494 e. The first kappa shape index (κ1) is 22.5. The van der Waals surface area contributed by atoms with Crippen molar-refractivity contribution in [3.63, 3.8) is 0 Å². The minimum Gasteiger partial charge on any atom is -0.494 e. The van der Waals surface area contributed by atoms with Crippen LogP contribution in [0.25, 0.3) is 0 Å². The van der Waals surface area contributed by atoms with Crippen molar-refractivity contribution in [2.75, 3.05) is 26.7 Å². The first-order valence-electron chi connectivity index (χ1n) is 9.08. The number of nitrogens with two attached hydrogens (primary N) is 1. The number of benzene rings is 1. The van der Waals surface area contributed by atoms with Crippen molar-refractivity contribution >= 4 is 35.8 Å². The molecular formula is C19H31IN4O2. The van der Waals surface area contributed by atoms with Gasteiger partial charge in [0.1, 0.15) is 5.75 Å². The fourth-order valence-corrected chi connectivity index (χ4v) is 3.19. The zero-order valence-corrected chi connectivity index (χ0v) is 18.1. The molecule has 1 amide bonds. The fraction of sp³-hybridized carbons (Fsp3) is 0.579. The van der Waals surface area contributed by atoms with E-state index in [9.17, 15) is 4.79 Å². The highest BCUT2D eigenvalue weighted by Gasteiger charge is 2.23. The lowest BCUT2D eigenvalue weighted by molar-refractivity contribution is -0.119. The Balaban J connectivity index is 0.00000338. The van der Waals surface area contributed by atoms with Crippen LogP contribution in [0.3, 0.4) is 0 Å². The molecule has 1 aromatic carbocycles. The number of halogens is 1. The van der Waals surface area contributed by atoms with Crippen molar-refractivity contribution in [2.24, 2.45) is 16.6 Å². The maximum atomic E-state index is 11.2. The molecular weight excluding hydrogens is 443 g/mol. The number of aliphatic imine (C=N–C) groups is 1. The smallest absolute Gasteiger partial charge is 0.217 e. The van der Waals surface area contributed by atoms with Crippen LogP contribution >= 0.6 is 24.0 Å². The minimum absolute atomic E-state index is 0. The number of carbonyl (C=O) groups is 1. The number of nitrogens with one attached hydrogen (secondary N) is 1. The Labute approximate surface area is 173 Å². The summed E-state index contributed by atoms with van der Waals surface area (Å²) in [4.78, 5) is 17.8. The lowest BCUT2D eigenvalue weighted by atomic mass is 9.95. The van der Waals surface area contributed by atoms with Crippen LogP contribution < -0.4 is 15.8 Å². The highest BCUT2D eigenvalue weighted by Crippen LogP contribution is 2.19. The number of primary amides is 1. The van der Waals surface area contributed by atoms with Gasteiger partial charge in [-0.1, -0.05) is 19.1 Å². The fourth-order valence-electron chi connectivity index (χ4n) is 3.19. The molecule has 1 aromatic rings. The molecule has 0 spiro atoms. The molecule has 0 aliphatic carbocycles. The molecule has 26 heavy (non-hydrogen) atoms. The second-order valence-electron chi connectivity index (χ2n) is 6.52. The predicted octanol–water partition coefficient (Wildman–Crippen LogP) is 2.76. The Morgan fingerprint density at radius 1 is 1.46 bits per heavy atom. The summed E-state index contributed by atoms with van der Waals surface area (Å²) in [6.45, 7) is 5.29. The van der Waals surface area contributed by atoms with E-state index >= 15 is 0 Å². The van der Waals surface area contributed by atoms with E-state index in [0.29, 0.717) is 18.9 Å². The van der Waals surface area contributed by atoms with Crippen molar-refractivity contribution in [1.82, 2.24) is 10.2 Å². The van der Waals surface area contributed by atoms with Crippen molar-refractivity contribution in [1.29, 1.82) is 0 Å². The lowest BCUT2D eigenvalue weighted by Crippen LogP contribution is -2.46. The maximum Gasteiger partial charge on any atom is 0.217 e. The van der Waals surface area contributed by atoms with Crippen LogP contribution in [-0.2, 0) is 11.3 Å². The van der Waals surface area contributed by atoms with Crippen LogP contribution in [0.1, 0.15) is 38.2 Å². The molecule has 1 aliphatic heterocycles. The number of carbonyl (C=O) groups excluding carboxylic acids is 1. The summed E-state index contributed by atoms with van der Waals surface area (Å²) in [6, 6.07) is 8.12. The number of likely N-dealkylation sites (tertiary alicyclic amines) is 1. The van der Waals surface area contributed by atoms with E-state index in [-0.39, 0.29) is 29.9 Å². The molecule has 1 fully saturated rings. The number of piperidine rings is 1. The van der Waals surface area contributed by atoms with E-state index in [1.165, 1.54) is 0 Å². The van der Waals surface area contributed by atoms with Crippen molar-refractivity contribution in [3.05, 3.63) is 29.8 Å². The van der Waals surface area contributed by atoms with Gasteiger partial charge >= 0.3 is 0 Å². The molecule has 7 heteroatoms. The zero-order chi connectivity index (χ0) is 18.1. The Hall–Kier alpha value is -1.51. The topological polar surface area (TPSA) is 79.9 Å². The molecule has 1 heterocycles. The van der Waals surface area contributed by atoms with Gasteiger partial charge in [-0.3, -0.25) is 9.79 Å². The first-order valence-corrected chi connectivity index (χ1v) is 9.08. The standard InChI is InChI=1S/C19H30N4O2.HI/c1-3-10-25-17-8-4-6-15(11-17)13-22-19(21-2)23-9-5-7-16(14-23)12-18(20)24;/h4,6,8,11,16H,3,5,7,9-10,12-14H2,1-2H3,(H2,20,24)(H,21,22);1H. The molecule has 146 valence electrons. The number of nitrogens with zero attached hydrogens (tertiary/aromatic N) is 2. The van der Waals surface area contributed by atoms with Gasteiger partial charge in [0.05, 0.1) is 6.61 Å². The van der Waals surface area contributed by atoms with Gasteiger partial charge in [0.15, 0.2) is 5.96 Å². The lowest BCUT2D eigenvalue weighted by Gasteiger charge is -2.34. The van der Waals surface area contributed by atoms with Crippen LogP contribution in [0, 0.1) is 5.92 Å². The van der Waals surface area contributed by atoms with Crippen LogP contribution in [0.2, 0.25) is 0 Å². The number of guanidine groups is 1. The third kappa shape index (κ3) is 7.39. The first-order chi connectivity index (χ1) is 12.1. The van der Waals surface area contributed by atoms with E-state index in [4.69, 9.17) is 10.5 Å². The van der Waals surface area contributed by atoms with Gasteiger partial charge in [0, 0.05) is 33.1 Å². The Bertz CT molecular complexity index is 595. The normalized spacial score (nSPS) is 17.4. The predicted molar refractivity (Wildman–Crippen MR) is 116 cm³/mol. The molecule has 0 radical (unpaired) electrons. The summed E-state index contributed by atoms with van der Waals surface area (Å²) >= 11 is 0. The van der Waals surface area contributed by atoms with E-state index in [0.717, 1.165) is 56.2 Å². The summed E-state index contributed by atoms with van der Waals surface area (Å²) in [7, 11) is 1.79. The summed E-state index contributed by atoms with van der Waals surface area (Å²) in [5.41, 5.74) is 6.50. The third-order valence-corrected chi connectivity index (χ3v) is 4.34. The van der Waals surface area contributed by atoms with Crippen LogP contribution in [0.5, 0.6) is 5.75 Å². The number of rotatable bonds is 7. The summed E-state index contributed by atoms with van der Waals surface area (Å²) in [5.74, 6) is 1.86. The molecule has 1 aliphatic rings. The van der Waals surface area contributed by atoms with Gasteiger partial charge in [-0.15, -0.1) is 24.0 Å². The molecule has 1 saturated heterocycles. The number of hydrogen-bond donors (Lipinski definition) is 2. The number of ether oxygens (including phenoxy) is 1. The van der Waals surface area contributed by atoms with Crippen molar-refractivity contribution < 1.29 is 9.53 Å². The van der Waals surface area contributed by atoms with Crippen LogP contribution in [0.15, 0.2) is 29.3 Å². The second-order valence-corrected chi connectivity index (χ2v) is 6.52. The Morgan fingerprint density at radius 2 is 2.27 bits per heavy atom. The van der Waals surface area contributed by atoms with E-state index in [1.807, 2.05) is 12.1 Å². The zero-order valence-electron chi connectivity index (χ0n) is 15.7. The number of hydrogen-bond acceptors (Lipinski definition) is 3. The minimum atomic E-state index is -0.223. The highest BCUT2D eigenvalue weighted by molar-refractivity contribution is 14.0. The quantitative estimate of drug-likeness (QED) is 0.362. The van der Waals surface area contributed by atoms with Gasteiger partial charge in [0.25, 0.3) is 0 Å². The van der Waals surface area contributed by atoms with Crippen molar-refractivity contribution in [3.8, 4) is 5.75 Å². The van der Waals surface area contributed by atoms with Crippen molar-refractivity contribution in [2.45, 2.75) is 39.2 Å². The average molecular weight is 474 g/mol. The highest BCUT2D eigenvalue weighted by atomic mass is 127.